The first kappa shape index (κ1) is 27.0. The van der Waals surface area contributed by atoms with Crippen LogP contribution >= 0.6 is 0 Å². The summed E-state index contributed by atoms with van der Waals surface area (Å²) in [6.45, 7) is 4.97. The molecule has 0 saturated heterocycles. The summed E-state index contributed by atoms with van der Waals surface area (Å²) in [7, 11) is 0. The highest BCUT2D eigenvalue weighted by Crippen LogP contribution is 2.38. The second-order valence-electron chi connectivity index (χ2n) is 10.3. The van der Waals surface area contributed by atoms with Crippen molar-refractivity contribution in [3.05, 3.63) is 88.7 Å². The Hall–Kier alpha value is -3.01. The first-order valence-corrected chi connectivity index (χ1v) is 13.6. The summed E-state index contributed by atoms with van der Waals surface area (Å²) < 4.78 is 50.2. The van der Waals surface area contributed by atoms with E-state index in [0.29, 0.717) is 35.0 Å². The van der Waals surface area contributed by atoms with Crippen LogP contribution in [0.3, 0.4) is 0 Å². The van der Waals surface area contributed by atoms with E-state index >= 15 is 4.39 Å². The number of ether oxygens (including phenoxy) is 1. The highest BCUT2D eigenvalue weighted by Gasteiger charge is 2.25. The number of unbranched alkanes of at least 4 members (excludes halogenated alkanes) is 3. The van der Waals surface area contributed by atoms with Crippen LogP contribution in [0.2, 0.25) is 0 Å². The maximum Gasteiger partial charge on any atom is 0.166 e. The molecule has 0 radical (unpaired) electrons. The lowest BCUT2D eigenvalue weighted by molar-refractivity contribution is 0.303. The molecule has 3 aromatic rings. The van der Waals surface area contributed by atoms with Gasteiger partial charge in [0.25, 0.3) is 0 Å². The SMILES string of the molecule is CCCCCCOc1ccc(/C=C/c2ccc(-c3ccc(C4CCC(C)CC4)c(F)c3F)cc2)c(F)c1. The van der Waals surface area contributed by atoms with Gasteiger partial charge >= 0.3 is 0 Å². The van der Waals surface area contributed by atoms with E-state index in [1.807, 2.05) is 12.1 Å². The van der Waals surface area contributed by atoms with Crippen molar-refractivity contribution in [2.75, 3.05) is 6.61 Å². The Kier molecular flexibility index (Phi) is 9.49. The summed E-state index contributed by atoms with van der Waals surface area (Å²) in [5, 5.41) is 0. The van der Waals surface area contributed by atoms with Crippen molar-refractivity contribution >= 4 is 12.2 Å². The minimum absolute atomic E-state index is 0.0964. The van der Waals surface area contributed by atoms with Crippen LogP contribution in [-0.2, 0) is 0 Å². The van der Waals surface area contributed by atoms with Crippen LogP contribution in [0.5, 0.6) is 5.75 Å². The first-order valence-electron chi connectivity index (χ1n) is 13.6. The quantitative estimate of drug-likeness (QED) is 0.196. The highest BCUT2D eigenvalue weighted by atomic mass is 19.2. The molecule has 1 saturated carbocycles. The molecule has 1 fully saturated rings. The molecule has 3 aromatic carbocycles. The lowest BCUT2D eigenvalue weighted by atomic mass is 9.79. The van der Waals surface area contributed by atoms with E-state index in [4.69, 9.17) is 4.74 Å². The fourth-order valence-corrected chi connectivity index (χ4v) is 5.09. The maximum atomic E-state index is 15.0. The van der Waals surface area contributed by atoms with Gasteiger partial charge in [-0.25, -0.2) is 13.2 Å². The van der Waals surface area contributed by atoms with Crippen molar-refractivity contribution in [1.82, 2.24) is 0 Å². The number of hydrogen-bond donors (Lipinski definition) is 0. The van der Waals surface area contributed by atoms with Crippen LogP contribution in [0.25, 0.3) is 23.3 Å². The van der Waals surface area contributed by atoms with Gasteiger partial charge in [-0.3, -0.25) is 0 Å². The molecule has 1 nitrogen and oxygen atoms in total. The molecule has 0 unspecified atom stereocenters. The molecule has 4 heteroatoms. The maximum absolute atomic E-state index is 15.0. The monoisotopic (exact) mass is 506 g/mol. The van der Waals surface area contributed by atoms with E-state index in [1.54, 1.807) is 48.6 Å². The topological polar surface area (TPSA) is 9.23 Å². The Morgan fingerprint density at radius 3 is 2.27 bits per heavy atom. The van der Waals surface area contributed by atoms with Crippen LogP contribution in [0.4, 0.5) is 13.2 Å². The van der Waals surface area contributed by atoms with Crippen molar-refractivity contribution in [3.63, 3.8) is 0 Å². The second-order valence-corrected chi connectivity index (χ2v) is 10.3. The smallest absolute Gasteiger partial charge is 0.166 e. The van der Waals surface area contributed by atoms with Gasteiger partial charge in [0.05, 0.1) is 6.61 Å². The van der Waals surface area contributed by atoms with Crippen LogP contribution in [0.15, 0.2) is 54.6 Å². The molecule has 0 aliphatic heterocycles. The van der Waals surface area contributed by atoms with Gasteiger partial charge in [0.2, 0.25) is 0 Å². The average Bonchev–Trinajstić information content (AvgIpc) is 2.91. The van der Waals surface area contributed by atoms with Crippen LogP contribution in [-0.4, -0.2) is 6.61 Å². The van der Waals surface area contributed by atoms with Crippen LogP contribution < -0.4 is 4.74 Å². The minimum Gasteiger partial charge on any atom is -0.493 e. The molecule has 4 rings (SSSR count). The molecule has 37 heavy (non-hydrogen) atoms. The van der Waals surface area contributed by atoms with Crippen LogP contribution in [0.1, 0.15) is 87.8 Å². The molecule has 0 aromatic heterocycles. The molecule has 0 atom stereocenters. The van der Waals surface area contributed by atoms with E-state index < -0.39 is 11.6 Å². The zero-order chi connectivity index (χ0) is 26.2. The highest BCUT2D eigenvalue weighted by molar-refractivity contribution is 5.73. The first-order chi connectivity index (χ1) is 18.0. The van der Waals surface area contributed by atoms with Crippen molar-refractivity contribution in [2.24, 2.45) is 5.92 Å². The van der Waals surface area contributed by atoms with Gasteiger partial charge in [-0.1, -0.05) is 94.5 Å². The predicted octanol–water partition coefficient (Wildman–Crippen LogP) is 10.2. The molecule has 1 aliphatic carbocycles. The average molecular weight is 507 g/mol. The van der Waals surface area contributed by atoms with E-state index in [2.05, 4.69) is 13.8 Å². The number of hydrogen-bond acceptors (Lipinski definition) is 1. The molecular formula is C33H37F3O. The molecule has 196 valence electrons. The van der Waals surface area contributed by atoms with Gasteiger partial charge in [-0.2, -0.15) is 0 Å². The Balaban J connectivity index is 1.40. The third kappa shape index (κ3) is 7.06. The van der Waals surface area contributed by atoms with E-state index in [9.17, 15) is 8.78 Å². The largest absolute Gasteiger partial charge is 0.493 e. The molecular weight excluding hydrogens is 469 g/mol. The Labute approximate surface area is 219 Å². The predicted molar refractivity (Wildman–Crippen MR) is 147 cm³/mol. The van der Waals surface area contributed by atoms with Gasteiger partial charge < -0.3 is 4.74 Å². The lowest BCUT2D eigenvalue weighted by Crippen LogP contribution is -2.13. The third-order valence-electron chi connectivity index (χ3n) is 7.48. The molecule has 0 spiro atoms. The number of halogens is 3. The van der Waals surface area contributed by atoms with Gasteiger partial charge in [0.1, 0.15) is 11.6 Å². The summed E-state index contributed by atoms with van der Waals surface area (Å²) in [6, 6.07) is 15.5. The van der Waals surface area contributed by atoms with Crippen molar-refractivity contribution in [3.8, 4) is 16.9 Å². The Morgan fingerprint density at radius 1 is 0.811 bits per heavy atom. The van der Waals surface area contributed by atoms with E-state index in [-0.39, 0.29) is 17.3 Å². The third-order valence-corrected chi connectivity index (χ3v) is 7.48. The summed E-state index contributed by atoms with van der Waals surface area (Å²) in [5.41, 5.74) is 2.68. The standard InChI is InChI=1S/C33H37F3O/c1-3-4-5-6-21-37-28-18-17-27(31(34)22-28)16-11-24-9-14-26(15-10-24)30-20-19-29(32(35)33(30)36)25-12-7-23(2)8-13-25/h9-11,14-20,22-23,25H,3-8,12-13,21H2,1-2H3/b16-11+. The van der Waals surface area contributed by atoms with Gasteiger partial charge in [0.15, 0.2) is 11.6 Å². The second kappa shape index (κ2) is 13.0. The summed E-state index contributed by atoms with van der Waals surface area (Å²) in [6.07, 6.45) is 11.9. The zero-order valence-corrected chi connectivity index (χ0v) is 21.9. The normalized spacial score (nSPS) is 17.9. The summed E-state index contributed by atoms with van der Waals surface area (Å²) in [5.74, 6) is -0.554. The molecule has 0 amide bonds. The Bertz CT molecular complexity index is 1190. The van der Waals surface area contributed by atoms with Crippen LogP contribution in [0, 0.1) is 23.4 Å². The Morgan fingerprint density at radius 2 is 1.57 bits per heavy atom. The van der Waals surface area contributed by atoms with Gasteiger partial charge in [-0.15, -0.1) is 0 Å². The number of rotatable bonds is 10. The lowest BCUT2D eigenvalue weighted by Gasteiger charge is -2.27. The zero-order valence-electron chi connectivity index (χ0n) is 21.9. The summed E-state index contributed by atoms with van der Waals surface area (Å²) in [4.78, 5) is 0. The van der Waals surface area contributed by atoms with Crippen molar-refractivity contribution < 1.29 is 17.9 Å². The van der Waals surface area contributed by atoms with Crippen molar-refractivity contribution in [2.45, 2.75) is 71.1 Å². The molecule has 0 heterocycles. The van der Waals surface area contributed by atoms with E-state index in [0.717, 1.165) is 44.1 Å². The van der Waals surface area contributed by atoms with Gasteiger partial charge in [-0.05, 0) is 59.9 Å². The molecule has 0 bridgehead atoms. The molecule has 1 aliphatic rings. The summed E-state index contributed by atoms with van der Waals surface area (Å²) >= 11 is 0. The fourth-order valence-electron chi connectivity index (χ4n) is 5.09. The number of benzene rings is 3. The minimum atomic E-state index is -0.783. The van der Waals surface area contributed by atoms with Gasteiger partial charge in [0, 0.05) is 17.2 Å². The van der Waals surface area contributed by atoms with Crippen molar-refractivity contribution in [1.29, 1.82) is 0 Å². The van der Waals surface area contributed by atoms with E-state index in [1.165, 1.54) is 18.9 Å². The fraction of sp³-hybridized carbons (Fsp3) is 0.394. The molecule has 0 N–H and O–H groups in total.